The summed E-state index contributed by atoms with van der Waals surface area (Å²) in [5.41, 5.74) is 0. The molecule has 0 bridgehead atoms. The van der Waals surface area contributed by atoms with E-state index in [4.69, 9.17) is 11.6 Å². The standard InChI is InChI=1S/C14H22ClNO2S/c1-4-6-13(16-3)14(5-2)19(17,18)12-9-7-11(15)8-10-12/h7-10,13-14,16H,4-6H2,1-3H3. The topological polar surface area (TPSA) is 46.2 Å². The van der Waals surface area contributed by atoms with Gasteiger partial charge in [-0.2, -0.15) is 0 Å². The highest BCUT2D eigenvalue weighted by atomic mass is 35.5. The van der Waals surface area contributed by atoms with Crippen LogP contribution in [0.1, 0.15) is 33.1 Å². The van der Waals surface area contributed by atoms with Gasteiger partial charge >= 0.3 is 0 Å². The lowest BCUT2D eigenvalue weighted by Gasteiger charge is -2.25. The maximum absolute atomic E-state index is 12.7. The van der Waals surface area contributed by atoms with Crippen molar-refractivity contribution in [1.82, 2.24) is 5.32 Å². The monoisotopic (exact) mass is 303 g/mol. The predicted octanol–water partition coefficient (Wildman–Crippen LogP) is 3.28. The number of benzene rings is 1. The van der Waals surface area contributed by atoms with Gasteiger partial charge in [-0.15, -0.1) is 0 Å². The molecule has 1 rings (SSSR count). The summed E-state index contributed by atoms with van der Waals surface area (Å²) < 4.78 is 25.3. The number of hydrogen-bond acceptors (Lipinski definition) is 3. The molecule has 0 aliphatic heterocycles. The number of rotatable bonds is 7. The quantitative estimate of drug-likeness (QED) is 0.841. The summed E-state index contributed by atoms with van der Waals surface area (Å²) in [6.07, 6.45) is 2.40. The number of halogens is 1. The van der Waals surface area contributed by atoms with Crippen molar-refractivity contribution in [2.24, 2.45) is 0 Å². The van der Waals surface area contributed by atoms with Gasteiger partial charge in [-0.05, 0) is 44.2 Å². The molecule has 3 nitrogen and oxygen atoms in total. The van der Waals surface area contributed by atoms with Crippen LogP contribution in [0.2, 0.25) is 5.02 Å². The van der Waals surface area contributed by atoms with Crippen molar-refractivity contribution in [3.8, 4) is 0 Å². The summed E-state index contributed by atoms with van der Waals surface area (Å²) in [6.45, 7) is 3.98. The molecule has 0 saturated carbocycles. The molecule has 0 aliphatic rings. The van der Waals surface area contributed by atoms with Gasteiger partial charge in [-0.25, -0.2) is 8.42 Å². The van der Waals surface area contributed by atoms with Gasteiger partial charge in [0, 0.05) is 11.1 Å². The molecule has 0 amide bonds. The molecule has 0 aliphatic carbocycles. The highest BCUT2D eigenvalue weighted by Gasteiger charge is 2.31. The lowest BCUT2D eigenvalue weighted by atomic mass is 10.1. The summed E-state index contributed by atoms with van der Waals surface area (Å²) in [6, 6.07) is 6.39. The Morgan fingerprint density at radius 2 is 1.79 bits per heavy atom. The molecule has 0 spiro atoms. The van der Waals surface area contributed by atoms with Crippen LogP contribution >= 0.6 is 11.6 Å². The van der Waals surface area contributed by atoms with Gasteiger partial charge in [0.1, 0.15) is 0 Å². The Hall–Kier alpha value is -0.580. The average molecular weight is 304 g/mol. The third-order valence-electron chi connectivity index (χ3n) is 3.36. The van der Waals surface area contributed by atoms with Gasteiger partial charge in [-0.3, -0.25) is 0 Å². The minimum absolute atomic E-state index is 0.0179. The number of nitrogens with one attached hydrogen (secondary N) is 1. The molecule has 108 valence electrons. The first kappa shape index (κ1) is 16.5. The first-order valence-corrected chi connectivity index (χ1v) is 8.56. The van der Waals surface area contributed by atoms with Crippen LogP contribution in [-0.4, -0.2) is 26.8 Å². The predicted molar refractivity (Wildman–Crippen MR) is 80.5 cm³/mol. The third kappa shape index (κ3) is 3.94. The second-order valence-electron chi connectivity index (χ2n) is 4.63. The van der Waals surface area contributed by atoms with E-state index in [1.54, 1.807) is 24.3 Å². The molecule has 0 saturated heterocycles. The van der Waals surface area contributed by atoms with Crippen LogP contribution < -0.4 is 5.32 Å². The maximum atomic E-state index is 12.7. The van der Waals surface area contributed by atoms with E-state index in [0.717, 1.165) is 12.8 Å². The highest BCUT2D eigenvalue weighted by Crippen LogP contribution is 2.24. The van der Waals surface area contributed by atoms with Crippen molar-refractivity contribution in [3.63, 3.8) is 0 Å². The lowest BCUT2D eigenvalue weighted by molar-refractivity contribution is 0.464. The van der Waals surface area contributed by atoms with Crippen molar-refractivity contribution in [3.05, 3.63) is 29.3 Å². The number of sulfone groups is 1. The zero-order chi connectivity index (χ0) is 14.5. The SMILES string of the molecule is CCCC(NC)C(CC)S(=O)(=O)c1ccc(Cl)cc1. The molecule has 1 aromatic carbocycles. The van der Waals surface area contributed by atoms with Crippen LogP contribution in [0.4, 0.5) is 0 Å². The molecule has 0 heterocycles. The molecule has 2 atom stereocenters. The number of hydrogen-bond donors (Lipinski definition) is 1. The summed E-state index contributed by atoms with van der Waals surface area (Å²) in [4.78, 5) is 0.347. The normalized spacial score (nSPS) is 15.2. The third-order valence-corrected chi connectivity index (χ3v) is 6.00. The summed E-state index contributed by atoms with van der Waals surface area (Å²) in [7, 11) is -1.50. The second-order valence-corrected chi connectivity index (χ2v) is 7.23. The van der Waals surface area contributed by atoms with Crippen LogP contribution in [0.3, 0.4) is 0 Å². The Balaban J connectivity index is 3.10. The van der Waals surface area contributed by atoms with Gasteiger partial charge in [0.05, 0.1) is 10.1 Å². The second kappa shape index (κ2) is 7.27. The fourth-order valence-electron chi connectivity index (χ4n) is 2.35. The summed E-state index contributed by atoms with van der Waals surface area (Å²) in [5.74, 6) is 0. The van der Waals surface area contributed by atoms with Crippen molar-refractivity contribution in [1.29, 1.82) is 0 Å². The van der Waals surface area contributed by atoms with Gasteiger partial charge in [0.15, 0.2) is 9.84 Å². The van der Waals surface area contributed by atoms with Crippen LogP contribution in [0.25, 0.3) is 0 Å². The molecular weight excluding hydrogens is 282 g/mol. The van der Waals surface area contributed by atoms with Crippen molar-refractivity contribution < 1.29 is 8.42 Å². The van der Waals surface area contributed by atoms with Gasteiger partial charge < -0.3 is 5.32 Å². The van der Waals surface area contributed by atoms with Crippen molar-refractivity contribution in [2.45, 2.75) is 49.3 Å². The molecule has 0 aromatic heterocycles. The minimum Gasteiger partial charge on any atom is -0.316 e. The van der Waals surface area contributed by atoms with E-state index < -0.39 is 15.1 Å². The molecular formula is C14H22ClNO2S. The van der Waals surface area contributed by atoms with Crippen molar-refractivity contribution >= 4 is 21.4 Å². The largest absolute Gasteiger partial charge is 0.316 e. The Kier molecular flexibility index (Phi) is 6.30. The smallest absolute Gasteiger partial charge is 0.182 e. The first-order valence-electron chi connectivity index (χ1n) is 6.64. The Morgan fingerprint density at radius 1 is 1.21 bits per heavy atom. The van der Waals surface area contributed by atoms with Crippen LogP contribution in [0, 0.1) is 0 Å². The van der Waals surface area contributed by atoms with E-state index in [0.29, 0.717) is 16.3 Å². The molecule has 0 fully saturated rings. The molecule has 19 heavy (non-hydrogen) atoms. The van der Waals surface area contributed by atoms with E-state index in [1.165, 1.54) is 0 Å². The van der Waals surface area contributed by atoms with E-state index >= 15 is 0 Å². The van der Waals surface area contributed by atoms with Gasteiger partial charge in [0.2, 0.25) is 0 Å². The Bertz CT molecular complexity index is 485. The first-order chi connectivity index (χ1) is 8.97. The van der Waals surface area contributed by atoms with Crippen LogP contribution in [-0.2, 0) is 9.84 Å². The van der Waals surface area contributed by atoms with E-state index in [1.807, 2.05) is 14.0 Å². The maximum Gasteiger partial charge on any atom is 0.182 e. The average Bonchev–Trinajstić information content (AvgIpc) is 2.38. The summed E-state index contributed by atoms with van der Waals surface area (Å²) >= 11 is 5.81. The highest BCUT2D eigenvalue weighted by molar-refractivity contribution is 7.92. The van der Waals surface area contributed by atoms with Gasteiger partial charge in [0.25, 0.3) is 0 Å². The lowest BCUT2D eigenvalue weighted by Crippen LogP contribution is -2.42. The zero-order valence-corrected chi connectivity index (χ0v) is 13.3. The molecule has 5 heteroatoms. The summed E-state index contributed by atoms with van der Waals surface area (Å²) in [5, 5.41) is 3.28. The zero-order valence-electron chi connectivity index (χ0n) is 11.7. The molecule has 2 unspecified atom stereocenters. The minimum atomic E-state index is -3.32. The van der Waals surface area contributed by atoms with E-state index in [2.05, 4.69) is 12.2 Å². The fraction of sp³-hybridized carbons (Fsp3) is 0.571. The van der Waals surface area contributed by atoms with Crippen LogP contribution in [0.15, 0.2) is 29.2 Å². The van der Waals surface area contributed by atoms with Crippen molar-refractivity contribution in [2.75, 3.05) is 7.05 Å². The van der Waals surface area contributed by atoms with E-state index in [9.17, 15) is 8.42 Å². The Labute approximate surface area is 121 Å². The van der Waals surface area contributed by atoms with E-state index in [-0.39, 0.29) is 6.04 Å². The molecule has 1 N–H and O–H groups in total. The molecule has 0 radical (unpaired) electrons. The molecule has 1 aromatic rings. The fourth-order valence-corrected chi connectivity index (χ4v) is 4.48. The van der Waals surface area contributed by atoms with Gasteiger partial charge in [-0.1, -0.05) is 31.9 Å². The van der Waals surface area contributed by atoms with Crippen LogP contribution in [0.5, 0.6) is 0 Å². The Morgan fingerprint density at radius 3 is 2.21 bits per heavy atom.